The van der Waals surface area contributed by atoms with Crippen LogP contribution in [0.2, 0.25) is 0 Å². The minimum absolute atomic E-state index is 0.116. The molecule has 0 spiro atoms. The molecule has 2 aromatic rings. The molecule has 1 unspecified atom stereocenters. The van der Waals surface area contributed by atoms with Crippen molar-refractivity contribution in [3.05, 3.63) is 35.2 Å². The molecule has 0 saturated heterocycles. The van der Waals surface area contributed by atoms with Crippen LogP contribution in [0.3, 0.4) is 0 Å². The summed E-state index contributed by atoms with van der Waals surface area (Å²) in [5.41, 5.74) is 0.116. The van der Waals surface area contributed by atoms with Gasteiger partial charge in [0, 0.05) is 9.58 Å². The molecule has 2 heteroatoms. The molecule has 18 heavy (non-hydrogen) atoms. The number of hydrogen-bond acceptors (Lipinski definition) is 2. The van der Waals surface area contributed by atoms with Gasteiger partial charge < -0.3 is 4.74 Å². The van der Waals surface area contributed by atoms with Gasteiger partial charge in [-0.2, -0.15) is 0 Å². The normalized spacial score (nSPS) is 14.3. The standard InChI is InChI=1S/C16H22OS/c1-11(2)17-15(16(3,4)5)14-10-12-8-6-7-9-13(12)18-14/h6-11,15H,1-5H3. The largest absolute Gasteiger partial charge is 0.369 e. The highest BCUT2D eigenvalue weighted by atomic mass is 32.1. The molecule has 1 aromatic heterocycles. The summed E-state index contributed by atoms with van der Waals surface area (Å²) in [5, 5.41) is 1.32. The molecule has 0 aliphatic rings. The lowest BCUT2D eigenvalue weighted by atomic mass is 9.88. The predicted molar refractivity (Wildman–Crippen MR) is 80.2 cm³/mol. The SMILES string of the molecule is CC(C)OC(c1cc2ccccc2s1)C(C)(C)C. The molecular weight excluding hydrogens is 240 g/mol. The fourth-order valence-electron chi connectivity index (χ4n) is 2.10. The van der Waals surface area contributed by atoms with E-state index in [1.54, 1.807) is 0 Å². The third-order valence-corrected chi connectivity index (χ3v) is 4.06. The first-order valence-corrected chi connectivity index (χ1v) is 7.33. The van der Waals surface area contributed by atoms with Gasteiger partial charge in [-0.25, -0.2) is 0 Å². The Kier molecular flexibility index (Phi) is 3.79. The Bertz CT molecular complexity index is 486. The second-order valence-electron chi connectivity index (χ2n) is 6.12. The van der Waals surface area contributed by atoms with Crippen LogP contribution in [0, 0.1) is 5.41 Å². The molecule has 0 saturated carbocycles. The van der Waals surface area contributed by atoms with E-state index in [1.807, 2.05) is 11.3 Å². The van der Waals surface area contributed by atoms with Crippen LogP contribution in [0.1, 0.15) is 45.6 Å². The number of rotatable bonds is 3. The zero-order chi connectivity index (χ0) is 13.3. The van der Waals surface area contributed by atoms with Gasteiger partial charge in [0.15, 0.2) is 0 Å². The monoisotopic (exact) mass is 262 g/mol. The quantitative estimate of drug-likeness (QED) is 0.718. The molecular formula is C16H22OS. The van der Waals surface area contributed by atoms with Crippen molar-refractivity contribution in [2.45, 2.75) is 46.8 Å². The highest BCUT2D eigenvalue weighted by Gasteiger charge is 2.29. The molecule has 0 aliphatic carbocycles. The maximum absolute atomic E-state index is 6.14. The van der Waals surface area contributed by atoms with E-state index in [1.165, 1.54) is 15.0 Å². The van der Waals surface area contributed by atoms with E-state index in [4.69, 9.17) is 4.74 Å². The van der Waals surface area contributed by atoms with Crippen molar-refractivity contribution in [3.8, 4) is 0 Å². The average Bonchev–Trinajstić information content (AvgIpc) is 2.67. The minimum atomic E-state index is 0.116. The average molecular weight is 262 g/mol. The van der Waals surface area contributed by atoms with Crippen LogP contribution >= 0.6 is 11.3 Å². The third-order valence-electron chi connectivity index (χ3n) is 2.90. The molecule has 1 atom stereocenters. The lowest BCUT2D eigenvalue weighted by Crippen LogP contribution is -2.23. The van der Waals surface area contributed by atoms with Crippen molar-refractivity contribution in [1.29, 1.82) is 0 Å². The number of benzene rings is 1. The lowest BCUT2D eigenvalue weighted by molar-refractivity contribution is -0.0521. The first-order chi connectivity index (χ1) is 8.38. The molecule has 98 valence electrons. The van der Waals surface area contributed by atoms with Crippen LogP contribution in [0.5, 0.6) is 0 Å². The van der Waals surface area contributed by atoms with Crippen molar-refractivity contribution in [1.82, 2.24) is 0 Å². The Morgan fingerprint density at radius 1 is 1.11 bits per heavy atom. The minimum Gasteiger partial charge on any atom is -0.369 e. The van der Waals surface area contributed by atoms with E-state index >= 15 is 0 Å². The maximum atomic E-state index is 6.14. The fraction of sp³-hybridized carbons (Fsp3) is 0.500. The van der Waals surface area contributed by atoms with Crippen molar-refractivity contribution in [2.75, 3.05) is 0 Å². The van der Waals surface area contributed by atoms with E-state index in [-0.39, 0.29) is 17.6 Å². The van der Waals surface area contributed by atoms with Gasteiger partial charge in [0.05, 0.1) is 12.2 Å². The van der Waals surface area contributed by atoms with Crippen molar-refractivity contribution in [3.63, 3.8) is 0 Å². The molecule has 1 heterocycles. The van der Waals surface area contributed by atoms with Gasteiger partial charge in [-0.3, -0.25) is 0 Å². The fourth-order valence-corrected chi connectivity index (χ4v) is 3.45. The zero-order valence-electron chi connectivity index (χ0n) is 11.9. The smallest absolute Gasteiger partial charge is 0.0968 e. The van der Waals surface area contributed by atoms with E-state index in [9.17, 15) is 0 Å². The molecule has 1 aromatic carbocycles. The molecule has 0 radical (unpaired) electrons. The van der Waals surface area contributed by atoms with E-state index in [0.717, 1.165) is 0 Å². The van der Waals surface area contributed by atoms with Crippen LogP contribution in [-0.2, 0) is 4.74 Å². The van der Waals surface area contributed by atoms with Crippen molar-refractivity contribution in [2.24, 2.45) is 5.41 Å². The second kappa shape index (κ2) is 5.02. The van der Waals surface area contributed by atoms with E-state index in [0.29, 0.717) is 0 Å². The summed E-state index contributed by atoms with van der Waals surface area (Å²) in [6.07, 6.45) is 0.411. The van der Waals surface area contributed by atoms with Gasteiger partial charge >= 0.3 is 0 Å². The van der Waals surface area contributed by atoms with Crippen LogP contribution < -0.4 is 0 Å². The molecule has 0 aliphatic heterocycles. The third kappa shape index (κ3) is 2.93. The summed E-state index contributed by atoms with van der Waals surface area (Å²) in [4.78, 5) is 1.33. The summed E-state index contributed by atoms with van der Waals surface area (Å²) in [5.74, 6) is 0. The Labute approximate surface area is 114 Å². The first kappa shape index (κ1) is 13.6. The van der Waals surface area contributed by atoms with Gasteiger partial charge in [0.1, 0.15) is 0 Å². The Morgan fingerprint density at radius 2 is 1.78 bits per heavy atom. The summed E-state index contributed by atoms with van der Waals surface area (Å²) in [6, 6.07) is 10.8. The summed E-state index contributed by atoms with van der Waals surface area (Å²) < 4.78 is 7.48. The van der Waals surface area contributed by atoms with Crippen molar-refractivity contribution >= 4 is 21.4 Å². The zero-order valence-corrected chi connectivity index (χ0v) is 12.7. The molecule has 0 N–H and O–H groups in total. The van der Waals surface area contributed by atoms with Gasteiger partial charge in [0.2, 0.25) is 0 Å². The first-order valence-electron chi connectivity index (χ1n) is 6.52. The van der Waals surface area contributed by atoms with Gasteiger partial charge in [-0.05, 0) is 36.8 Å². The number of fused-ring (bicyclic) bond motifs is 1. The molecule has 0 amide bonds. The highest BCUT2D eigenvalue weighted by Crippen LogP contribution is 2.41. The Balaban J connectivity index is 2.41. The topological polar surface area (TPSA) is 9.23 Å². The maximum Gasteiger partial charge on any atom is 0.0968 e. The molecule has 0 bridgehead atoms. The van der Waals surface area contributed by atoms with Crippen LogP contribution in [0.25, 0.3) is 10.1 Å². The summed E-state index contributed by atoms with van der Waals surface area (Å²) in [6.45, 7) is 10.9. The number of thiophene rings is 1. The molecule has 2 rings (SSSR count). The summed E-state index contributed by atoms with van der Waals surface area (Å²) in [7, 11) is 0. The van der Waals surface area contributed by atoms with E-state index < -0.39 is 0 Å². The number of hydrogen-bond donors (Lipinski definition) is 0. The van der Waals surface area contributed by atoms with Crippen molar-refractivity contribution < 1.29 is 4.74 Å². The van der Waals surface area contributed by atoms with Crippen LogP contribution in [0.15, 0.2) is 30.3 Å². The van der Waals surface area contributed by atoms with Gasteiger partial charge in [0.25, 0.3) is 0 Å². The van der Waals surface area contributed by atoms with Crippen LogP contribution in [-0.4, -0.2) is 6.10 Å². The Morgan fingerprint density at radius 3 is 2.33 bits per heavy atom. The van der Waals surface area contributed by atoms with Gasteiger partial charge in [-0.1, -0.05) is 39.0 Å². The van der Waals surface area contributed by atoms with Gasteiger partial charge in [-0.15, -0.1) is 11.3 Å². The predicted octanol–water partition coefficient (Wildman–Crippen LogP) is 5.41. The van der Waals surface area contributed by atoms with E-state index in [2.05, 4.69) is 65.0 Å². The molecule has 0 fully saturated rings. The summed E-state index contributed by atoms with van der Waals surface area (Å²) >= 11 is 1.85. The second-order valence-corrected chi connectivity index (χ2v) is 7.23. The lowest BCUT2D eigenvalue weighted by Gasteiger charge is -2.31. The number of ether oxygens (including phenoxy) is 1. The Hall–Kier alpha value is -0.860. The van der Waals surface area contributed by atoms with Crippen LogP contribution in [0.4, 0.5) is 0 Å². The highest BCUT2D eigenvalue weighted by molar-refractivity contribution is 7.19. The molecule has 1 nitrogen and oxygen atoms in total.